The van der Waals surface area contributed by atoms with Crippen LogP contribution in [0, 0.1) is 5.92 Å². The number of nitrogens with zero attached hydrogens (tertiary/aromatic N) is 1. The van der Waals surface area contributed by atoms with Crippen LogP contribution in [0.15, 0.2) is 12.2 Å². The van der Waals surface area contributed by atoms with Gasteiger partial charge in [-0.05, 0) is 38.5 Å². The van der Waals surface area contributed by atoms with Crippen LogP contribution in [0.2, 0.25) is 0 Å². The molecule has 2 fully saturated rings. The third-order valence-corrected chi connectivity index (χ3v) is 3.93. The van der Waals surface area contributed by atoms with Gasteiger partial charge in [0.05, 0.1) is 18.8 Å². The van der Waals surface area contributed by atoms with Crippen molar-refractivity contribution in [3.63, 3.8) is 0 Å². The zero-order valence-corrected chi connectivity index (χ0v) is 10.8. The molecule has 0 aromatic carbocycles. The molecule has 0 unspecified atom stereocenters. The highest BCUT2D eigenvalue weighted by molar-refractivity contribution is 4.95. The van der Waals surface area contributed by atoms with E-state index in [1.165, 1.54) is 12.8 Å². The van der Waals surface area contributed by atoms with Crippen LogP contribution < -0.4 is 0 Å². The highest BCUT2D eigenvalue weighted by Crippen LogP contribution is 2.33. The third kappa shape index (κ3) is 3.80. The van der Waals surface area contributed by atoms with Gasteiger partial charge in [0.2, 0.25) is 0 Å². The molecule has 3 heteroatoms. The van der Waals surface area contributed by atoms with Crippen molar-refractivity contribution in [1.82, 2.24) is 4.90 Å². The highest BCUT2D eigenvalue weighted by Gasteiger charge is 2.31. The first-order valence-electron chi connectivity index (χ1n) is 6.93. The number of piperidine rings is 1. The number of rotatable bonds is 5. The molecule has 1 saturated carbocycles. The Labute approximate surface area is 104 Å². The van der Waals surface area contributed by atoms with E-state index in [1.54, 1.807) is 0 Å². The van der Waals surface area contributed by atoms with Gasteiger partial charge in [-0.25, -0.2) is 0 Å². The topological polar surface area (TPSA) is 32.7 Å². The predicted molar refractivity (Wildman–Crippen MR) is 69.0 cm³/mol. The minimum atomic E-state index is 0.277. The smallest absolute Gasteiger partial charge is 0.0603 e. The van der Waals surface area contributed by atoms with Gasteiger partial charge in [0, 0.05) is 19.6 Å². The summed E-state index contributed by atoms with van der Waals surface area (Å²) in [7, 11) is 0. The minimum absolute atomic E-state index is 0.277. The molecule has 0 atom stereocenters. The van der Waals surface area contributed by atoms with E-state index in [4.69, 9.17) is 9.84 Å². The molecule has 0 amide bonds. The fraction of sp³-hybridized carbons (Fsp3) is 0.857. The molecule has 1 N–H and O–H groups in total. The maximum absolute atomic E-state index is 8.88. The molecule has 1 aliphatic heterocycles. The van der Waals surface area contributed by atoms with E-state index in [-0.39, 0.29) is 6.61 Å². The van der Waals surface area contributed by atoms with Crippen LogP contribution in [0.4, 0.5) is 0 Å². The van der Waals surface area contributed by atoms with E-state index in [2.05, 4.69) is 24.0 Å². The fourth-order valence-corrected chi connectivity index (χ4v) is 2.83. The van der Waals surface area contributed by atoms with Crippen LogP contribution in [-0.2, 0) is 4.74 Å². The summed E-state index contributed by atoms with van der Waals surface area (Å²) in [6, 6.07) is 0. The van der Waals surface area contributed by atoms with Gasteiger partial charge >= 0.3 is 0 Å². The molecular formula is C14H25NO2. The number of hydrogen-bond donors (Lipinski definition) is 1. The van der Waals surface area contributed by atoms with Crippen LogP contribution in [0.5, 0.6) is 0 Å². The Bertz CT molecular complexity index is 241. The number of hydrogen-bond acceptors (Lipinski definition) is 3. The molecule has 0 aromatic rings. The molecule has 1 heterocycles. The van der Waals surface area contributed by atoms with E-state index in [0.717, 1.165) is 38.4 Å². The Kier molecular flexibility index (Phi) is 5.01. The normalized spacial score (nSPS) is 31.9. The van der Waals surface area contributed by atoms with E-state index < -0.39 is 0 Å². The lowest BCUT2D eigenvalue weighted by molar-refractivity contribution is -0.0866. The molecule has 0 aromatic heterocycles. The number of aliphatic hydroxyl groups excluding tert-OH is 1. The Balaban J connectivity index is 1.60. The van der Waals surface area contributed by atoms with Crippen molar-refractivity contribution in [3.8, 4) is 0 Å². The second kappa shape index (κ2) is 6.53. The lowest BCUT2D eigenvalue weighted by atomic mass is 9.82. The molecular weight excluding hydrogens is 214 g/mol. The summed E-state index contributed by atoms with van der Waals surface area (Å²) in [4.78, 5) is 2.32. The molecule has 3 nitrogen and oxygen atoms in total. The molecule has 0 bridgehead atoms. The van der Waals surface area contributed by atoms with E-state index in [0.29, 0.717) is 12.2 Å². The molecule has 98 valence electrons. The molecule has 17 heavy (non-hydrogen) atoms. The van der Waals surface area contributed by atoms with Gasteiger partial charge in [0.25, 0.3) is 0 Å². The average molecular weight is 239 g/mol. The lowest BCUT2D eigenvalue weighted by Crippen LogP contribution is -2.41. The Morgan fingerprint density at radius 3 is 2.53 bits per heavy atom. The Morgan fingerprint density at radius 2 is 1.94 bits per heavy atom. The first kappa shape index (κ1) is 13.1. The van der Waals surface area contributed by atoms with Crippen LogP contribution in [-0.4, -0.2) is 48.5 Å². The zero-order valence-electron chi connectivity index (χ0n) is 10.8. The molecule has 1 aliphatic carbocycles. The maximum atomic E-state index is 8.88. The van der Waals surface area contributed by atoms with Crippen molar-refractivity contribution in [3.05, 3.63) is 12.2 Å². The molecule has 2 aliphatic rings. The second-order valence-corrected chi connectivity index (χ2v) is 5.28. The van der Waals surface area contributed by atoms with Crippen molar-refractivity contribution in [2.75, 3.05) is 26.2 Å². The van der Waals surface area contributed by atoms with Crippen molar-refractivity contribution < 1.29 is 9.84 Å². The van der Waals surface area contributed by atoms with Gasteiger partial charge in [0.15, 0.2) is 0 Å². The second-order valence-electron chi connectivity index (χ2n) is 5.28. The van der Waals surface area contributed by atoms with E-state index >= 15 is 0 Å². The minimum Gasteiger partial charge on any atom is -0.395 e. The number of likely N-dealkylation sites (tertiary alicyclic amines) is 1. The third-order valence-electron chi connectivity index (χ3n) is 3.93. The Morgan fingerprint density at radius 1 is 1.24 bits per heavy atom. The zero-order chi connectivity index (χ0) is 12.1. The first-order chi connectivity index (χ1) is 8.31. The quantitative estimate of drug-likeness (QED) is 0.743. The van der Waals surface area contributed by atoms with E-state index in [1.807, 2.05) is 0 Å². The highest BCUT2D eigenvalue weighted by atomic mass is 16.5. The number of ether oxygens (including phenoxy) is 1. The number of β-amino-alcohol motifs (C(OH)–C–C–N with tert-alkyl or cyclic N) is 1. The summed E-state index contributed by atoms with van der Waals surface area (Å²) >= 11 is 0. The van der Waals surface area contributed by atoms with E-state index in [9.17, 15) is 0 Å². The largest absolute Gasteiger partial charge is 0.395 e. The predicted octanol–water partition coefficient (Wildman–Crippen LogP) is 1.81. The van der Waals surface area contributed by atoms with Crippen LogP contribution in [0.3, 0.4) is 0 Å². The maximum Gasteiger partial charge on any atom is 0.0603 e. The Hall–Kier alpha value is -0.380. The van der Waals surface area contributed by atoms with Crippen molar-refractivity contribution >= 4 is 0 Å². The summed E-state index contributed by atoms with van der Waals surface area (Å²) < 4.78 is 6.11. The lowest BCUT2D eigenvalue weighted by Gasteiger charge is -2.39. The van der Waals surface area contributed by atoms with Crippen LogP contribution in [0.1, 0.15) is 32.6 Å². The summed E-state index contributed by atoms with van der Waals surface area (Å²) in [6.45, 7) is 5.34. The summed E-state index contributed by atoms with van der Waals surface area (Å²) in [5.41, 5.74) is 0. The van der Waals surface area contributed by atoms with Crippen molar-refractivity contribution in [1.29, 1.82) is 0 Å². The van der Waals surface area contributed by atoms with Gasteiger partial charge in [0.1, 0.15) is 0 Å². The average Bonchev–Trinajstić information content (AvgIpc) is 2.29. The van der Waals surface area contributed by atoms with Gasteiger partial charge in [-0.2, -0.15) is 0 Å². The monoisotopic (exact) mass is 239 g/mol. The number of allylic oxidation sites excluding steroid dienone is 2. The summed E-state index contributed by atoms with van der Waals surface area (Å²) in [5.74, 6) is 0.763. The van der Waals surface area contributed by atoms with Crippen molar-refractivity contribution in [2.45, 2.75) is 44.8 Å². The van der Waals surface area contributed by atoms with Gasteiger partial charge < -0.3 is 14.7 Å². The summed E-state index contributed by atoms with van der Waals surface area (Å²) in [6.07, 6.45) is 10.1. The molecule has 0 radical (unpaired) electrons. The van der Waals surface area contributed by atoms with Crippen molar-refractivity contribution in [2.24, 2.45) is 5.92 Å². The standard InChI is InChI=1S/C14H25NO2/c1-2-3-12-10-14(11-12)17-13-4-6-15(7-5-13)8-9-16/h2-3,12-14,16H,4-11H2,1H3/b3-2+. The molecule has 1 saturated heterocycles. The van der Waals surface area contributed by atoms with Crippen LogP contribution in [0.25, 0.3) is 0 Å². The number of aliphatic hydroxyl groups is 1. The van der Waals surface area contributed by atoms with Gasteiger partial charge in [-0.15, -0.1) is 0 Å². The fourth-order valence-electron chi connectivity index (χ4n) is 2.83. The summed E-state index contributed by atoms with van der Waals surface area (Å²) in [5, 5.41) is 8.88. The molecule has 0 spiro atoms. The van der Waals surface area contributed by atoms with Gasteiger partial charge in [-0.3, -0.25) is 0 Å². The first-order valence-corrected chi connectivity index (χ1v) is 6.93. The van der Waals surface area contributed by atoms with Crippen LogP contribution >= 0.6 is 0 Å². The molecule has 2 rings (SSSR count). The van der Waals surface area contributed by atoms with Gasteiger partial charge in [-0.1, -0.05) is 12.2 Å². The SMILES string of the molecule is C/C=C/C1CC(OC2CCN(CCO)CC2)C1.